The molecule has 3 rings (SSSR count). The first-order valence-corrected chi connectivity index (χ1v) is 9.55. The quantitative estimate of drug-likeness (QED) is 0.725. The lowest BCUT2D eigenvalue weighted by atomic mass is 10.2. The Hall–Kier alpha value is -2.66. The number of fused-ring (bicyclic) bond motifs is 1. The van der Waals surface area contributed by atoms with E-state index >= 15 is 0 Å². The van der Waals surface area contributed by atoms with Gasteiger partial charge in [-0.15, -0.1) is 11.3 Å². The highest BCUT2D eigenvalue weighted by Gasteiger charge is 2.26. The van der Waals surface area contributed by atoms with E-state index in [-0.39, 0.29) is 11.4 Å². The second kappa shape index (κ2) is 6.57. The molecule has 26 heavy (non-hydrogen) atoms. The largest absolute Gasteiger partial charge is 0.341 e. The summed E-state index contributed by atoms with van der Waals surface area (Å²) < 4.78 is 48.8. The Morgan fingerprint density at radius 2 is 1.88 bits per heavy atom. The number of alkyl halides is 2. The number of aryl methyl sites for hydroxylation is 1. The van der Waals surface area contributed by atoms with Crippen molar-refractivity contribution in [3.05, 3.63) is 57.5 Å². The Balaban J connectivity index is 1.91. The lowest BCUT2D eigenvalue weighted by molar-refractivity contribution is 0.101. The summed E-state index contributed by atoms with van der Waals surface area (Å²) in [7, 11) is -4.74. The summed E-state index contributed by atoms with van der Waals surface area (Å²) in [6.45, 7) is 1.54. The molecule has 1 amide bonds. The molecule has 2 aromatic heterocycles. The summed E-state index contributed by atoms with van der Waals surface area (Å²) in [5.74, 6) is -4.01. The van der Waals surface area contributed by atoms with Gasteiger partial charge >= 0.3 is 5.76 Å². The van der Waals surface area contributed by atoms with Crippen LogP contribution in [0.5, 0.6) is 0 Å². The van der Waals surface area contributed by atoms with Crippen molar-refractivity contribution in [3.8, 4) is 0 Å². The summed E-state index contributed by atoms with van der Waals surface area (Å²) in [6.07, 6.45) is 0. The monoisotopic (exact) mass is 399 g/mol. The van der Waals surface area contributed by atoms with Crippen molar-refractivity contribution >= 4 is 37.3 Å². The molecule has 1 N–H and O–H groups in total. The van der Waals surface area contributed by atoms with E-state index in [1.54, 1.807) is 18.4 Å². The number of nitrogens with zero attached hydrogens (tertiary/aromatic N) is 2. The number of amides is 1. The van der Waals surface area contributed by atoms with Crippen molar-refractivity contribution in [1.82, 2.24) is 9.66 Å². The fourth-order valence-corrected chi connectivity index (χ4v) is 3.73. The minimum absolute atomic E-state index is 0.00469. The van der Waals surface area contributed by atoms with Crippen molar-refractivity contribution in [2.24, 2.45) is 0 Å². The van der Waals surface area contributed by atoms with Crippen molar-refractivity contribution in [3.63, 3.8) is 0 Å². The average molecular weight is 399 g/mol. The minimum atomic E-state index is -4.74. The van der Waals surface area contributed by atoms with Gasteiger partial charge in [-0.05, 0) is 42.6 Å². The molecular formula is C15H11F2N3O4S2. The summed E-state index contributed by atoms with van der Waals surface area (Å²) in [5, 5.41) is 2.05. The fourth-order valence-electron chi connectivity index (χ4n) is 2.21. The number of halogens is 2. The van der Waals surface area contributed by atoms with Crippen molar-refractivity contribution < 1.29 is 22.0 Å². The first kappa shape index (κ1) is 18.1. The molecule has 1 aromatic carbocycles. The molecule has 0 aliphatic carbocycles. The van der Waals surface area contributed by atoms with Crippen LogP contribution in [0, 0.1) is 6.92 Å². The topological polar surface area (TPSA) is 98.1 Å². The number of carbonyl (C=O) groups excluding carboxylic acids is 1. The maximum atomic E-state index is 12.5. The van der Waals surface area contributed by atoms with Crippen molar-refractivity contribution in [2.75, 3.05) is 5.43 Å². The summed E-state index contributed by atoms with van der Waals surface area (Å²) in [5.41, 5.74) is 1.90. The maximum Gasteiger partial charge on any atom is 0.341 e. The Morgan fingerprint density at radius 1 is 1.23 bits per heavy atom. The van der Waals surface area contributed by atoms with Gasteiger partial charge in [0.2, 0.25) is 9.84 Å². The molecule has 7 nitrogen and oxygen atoms in total. The van der Waals surface area contributed by atoms with E-state index in [4.69, 9.17) is 0 Å². The van der Waals surface area contributed by atoms with Crippen LogP contribution in [-0.2, 0) is 9.84 Å². The third-order valence-electron chi connectivity index (χ3n) is 3.56. The molecule has 0 saturated heterocycles. The Morgan fingerprint density at radius 3 is 2.50 bits per heavy atom. The fraction of sp³-hybridized carbons (Fsp3) is 0.133. The zero-order valence-electron chi connectivity index (χ0n) is 13.1. The maximum absolute atomic E-state index is 12.5. The van der Waals surface area contributed by atoms with Gasteiger partial charge in [-0.1, -0.05) is 0 Å². The minimum Gasteiger partial charge on any atom is -0.267 e. The van der Waals surface area contributed by atoms with Gasteiger partial charge < -0.3 is 0 Å². The number of benzene rings is 1. The van der Waals surface area contributed by atoms with Crippen LogP contribution in [0.4, 0.5) is 8.78 Å². The van der Waals surface area contributed by atoms with E-state index < -0.39 is 32.0 Å². The molecule has 11 heteroatoms. The van der Waals surface area contributed by atoms with E-state index in [9.17, 15) is 26.8 Å². The molecule has 136 valence electrons. The Kier molecular flexibility index (Phi) is 4.59. The second-order valence-electron chi connectivity index (χ2n) is 5.21. The van der Waals surface area contributed by atoms with E-state index in [1.807, 2.05) is 0 Å². The number of sulfone groups is 1. The van der Waals surface area contributed by atoms with Gasteiger partial charge in [0.15, 0.2) is 0 Å². The third kappa shape index (κ3) is 3.10. The van der Waals surface area contributed by atoms with Gasteiger partial charge in [0, 0.05) is 5.56 Å². The van der Waals surface area contributed by atoms with Crippen molar-refractivity contribution in [2.45, 2.75) is 17.6 Å². The molecular weight excluding hydrogens is 388 g/mol. The van der Waals surface area contributed by atoms with E-state index in [0.29, 0.717) is 10.2 Å². The van der Waals surface area contributed by atoms with Gasteiger partial charge in [0.25, 0.3) is 11.5 Å². The van der Waals surface area contributed by atoms with Crippen LogP contribution in [0.2, 0.25) is 0 Å². The van der Waals surface area contributed by atoms with Crippen LogP contribution in [0.3, 0.4) is 0 Å². The summed E-state index contributed by atoms with van der Waals surface area (Å²) >= 11 is 1.29. The van der Waals surface area contributed by atoms with E-state index in [1.165, 1.54) is 11.3 Å². The first-order chi connectivity index (χ1) is 12.2. The molecule has 0 spiro atoms. The predicted octanol–water partition coefficient (Wildman–Crippen LogP) is 2.15. The zero-order chi connectivity index (χ0) is 19.1. The SMILES string of the molecule is Cc1nc2sccc2c(=O)n1NC(=O)c1ccc(S(=O)(=O)C(F)F)cc1. The lowest BCUT2D eigenvalue weighted by Crippen LogP contribution is -2.35. The highest BCUT2D eigenvalue weighted by Crippen LogP contribution is 2.19. The van der Waals surface area contributed by atoms with Crippen LogP contribution in [0.15, 0.2) is 45.4 Å². The number of aromatic nitrogens is 2. The smallest absolute Gasteiger partial charge is 0.267 e. The second-order valence-corrected chi connectivity index (χ2v) is 8.02. The molecule has 3 aromatic rings. The Labute approximate surface area is 149 Å². The lowest BCUT2D eigenvalue weighted by Gasteiger charge is -2.11. The molecule has 2 heterocycles. The predicted molar refractivity (Wildman–Crippen MR) is 91.9 cm³/mol. The van der Waals surface area contributed by atoms with Gasteiger partial charge in [0.05, 0.1) is 10.3 Å². The van der Waals surface area contributed by atoms with Crippen LogP contribution in [0.25, 0.3) is 10.2 Å². The van der Waals surface area contributed by atoms with Crippen LogP contribution in [-0.4, -0.2) is 29.7 Å². The van der Waals surface area contributed by atoms with Gasteiger partial charge in [-0.3, -0.25) is 15.0 Å². The number of hydrogen-bond acceptors (Lipinski definition) is 6. The van der Waals surface area contributed by atoms with Crippen LogP contribution >= 0.6 is 11.3 Å². The van der Waals surface area contributed by atoms with Gasteiger partial charge in [-0.2, -0.15) is 8.78 Å². The van der Waals surface area contributed by atoms with E-state index in [2.05, 4.69) is 10.4 Å². The first-order valence-electron chi connectivity index (χ1n) is 7.12. The van der Waals surface area contributed by atoms with Gasteiger partial charge in [-0.25, -0.2) is 18.1 Å². The van der Waals surface area contributed by atoms with Crippen LogP contribution in [0.1, 0.15) is 16.2 Å². The molecule has 0 aliphatic heterocycles. The Bertz CT molecular complexity index is 1150. The van der Waals surface area contributed by atoms with Crippen LogP contribution < -0.4 is 11.0 Å². The summed E-state index contributed by atoms with van der Waals surface area (Å²) in [6, 6.07) is 5.57. The van der Waals surface area contributed by atoms with Gasteiger partial charge in [0.1, 0.15) is 10.7 Å². The molecule has 0 unspecified atom stereocenters. The van der Waals surface area contributed by atoms with Crippen molar-refractivity contribution in [1.29, 1.82) is 0 Å². The number of carbonyl (C=O) groups is 1. The molecule has 0 bridgehead atoms. The highest BCUT2D eigenvalue weighted by atomic mass is 32.2. The molecule has 0 radical (unpaired) electrons. The van der Waals surface area contributed by atoms with E-state index in [0.717, 1.165) is 28.9 Å². The number of hydrogen-bond donors (Lipinski definition) is 1. The molecule has 0 saturated carbocycles. The zero-order valence-corrected chi connectivity index (χ0v) is 14.8. The number of thiophene rings is 1. The number of rotatable bonds is 4. The highest BCUT2D eigenvalue weighted by molar-refractivity contribution is 7.91. The number of nitrogens with one attached hydrogen (secondary N) is 1. The average Bonchev–Trinajstić information content (AvgIpc) is 3.06. The molecule has 0 aliphatic rings. The summed E-state index contributed by atoms with van der Waals surface area (Å²) in [4.78, 5) is 28.8. The molecule has 0 atom stereocenters. The standard InChI is InChI=1S/C15H11F2N3O4S2/c1-8-18-13-11(6-7-25-13)14(22)20(8)19-12(21)9-2-4-10(5-3-9)26(23,24)15(16)17/h2-7,15H,1H3,(H,19,21). The third-order valence-corrected chi connectivity index (χ3v) is 5.76. The normalized spacial score (nSPS) is 11.8. The molecule has 0 fully saturated rings.